The molecule has 0 spiro atoms. The van der Waals surface area contributed by atoms with Crippen molar-refractivity contribution in [3.05, 3.63) is 113 Å². The molecule has 0 amide bonds. The van der Waals surface area contributed by atoms with Crippen molar-refractivity contribution in [3.63, 3.8) is 0 Å². The predicted octanol–water partition coefficient (Wildman–Crippen LogP) is 6.29. The first-order valence-electron chi connectivity index (χ1n) is 8.45. The lowest BCUT2D eigenvalue weighted by Gasteiger charge is -2.32. The minimum atomic E-state index is -4.45. The first-order chi connectivity index (χ1) is 12.4. The second kappa shape index (κ2) is 5.87. The number of allylic oxidation sites excluding steroid dienone is 1. The van der Waals surface area contributed by atoms with Gasteiger partial charge in [0.2, 0.25) is 0 Å². The zero-order valence-electron chi connectivity index (χ0n) is 14.2. The molecule has 4 rings (SSSR count). The Bertz CT molecular complexity index is 984. The van der Waals surface area contributed by atoms with Crippen LogP contribution in [0.5, 0.6) is 0 Å². The summed E-state index contributed by atoms with van der Waals surface area (Å²) < 4.78 is 43.7. The van der Waals surface area contributed by atoms with Crippen LogP contribution in [0.25, 0.3) is 5.57 Å². The molecule has 1 unspecified atom stereocenters. The van der Waals surface area contributed by atoms with Crippen LogP contribution in [0.1, 0.15) is 27.8 Å². The molecule has 130 valence electrons. The Hall–Kier alpha value is -2.81. The number of hydrogen-bond acceptors (Lipinski definition) is 0. The highest BCUT2D eigenvalue weighted by Gasteiger charge is 2.59. The van der Waals surface area contributed by atoms with Gasteiger partial charge in [-0.05, 0) is 34.8 Å². The number of aryl methyl sites for hydroxylation is 1. The van der Waals surface area contributed by atoms with Crippen LogP contribution in [0.15, 0.2) is 84.9 Å². The maximum absolute atomic E-state index is 14.6. The minimum Gasteiger partial charge on any atom is -0.169 e. The maximum Gasteiger partial charge on any atom is 0.405 e. The molecule has 0 bridgehead atoms. The fraction of sp³-hybridized carbons (Fsp3) is 0.130. The molecule has 0 nitrogen and oxygen atoms in total. The van der Waals surface area contributed by atoms with Gasteiger partial charge in [0.05, 0.1) is 0 Å². The van der Waals surface area contributed by atoms with Gasteiger partial charge in [0.25, 0.3) is 0 Å². The number of rotatable bonds is 2. The molecule has 0 fully saturated rings. The summed E-state index contributed by atoms with van der Waals surface area (Å²) in [4.78, 5) is 0. The monoisotopic (exact) mass is 350 g/mol. The quantitative estimate of drug-likeness (QED) is 0.509. The Morgan fingerprint density at radius 2 is 1.46 bits per heavy atom. The molecule has 1 atom stereocenters. The van der Waals surface area contributed by atoms with E-state index in [1.165, 1.54) is 6.08 Å². The normalized spacial score (nSPS) is 19.2. The van der Waals surface area contributed by atoms with Gasteiger partial charge < -0.3 is 0 Å². The molecule has 1 aliphatic carbocycles. The van der Waals surface area contributed by atoms with E-state index in [0.29, 0.717) is 11.1 Å². The van der Waals surface area contributed by atoms with Crippen molar-refractivity contribution in [1.82, 2.24) is 0 Å². The van der Waals surface area contributed by atoms with E-state index in [4.69, 9.17) is 0 Å². The predicted molar refractivity (Wildman–Crippen MR) is 98.0 cm³/mol. The lowest BCUT2D eigenvalue weighted by molar-refractivity contribution is -0.163. The SMILES string of the molecule is Cc1cccc(C2(C(F)(F)F)C=C(c3ccccc3)c3ccccc32)c1. The molecule has 0 saturated heterocycles. The molecule has 0 radical (unpaired) electrons. The Labute approximate surface area is 150 Å². The van der Waals surface area contributed by atoms with Crippen molar-refractivity contribution in [1.29, 1.82) is 0 Å². The van der Waals surface area contributed by atoms with Crippen molar-refractivity contribution >= 4 is 5.57 Å². The Morgan fingerprint density at radius 1 is 0.769 bits per heavy atom. The van der Waals surface area contributed by atoms with E-state index in [-0.39, 0.29) is 11.1 Å². The van der Waals surface area contributed by atoms with Crippen LogP contribution < -0.4 is 0 Å². The van der Waals surface area contributed by atoms with Crippen LogP contribution >= 0.6 is 0 Å². The van der Waals surface area contributed by atoms with E-state index in [9.17, 15) is 13.2 Å². The standard InChI is InChI=1S/C23H17F3/c1-16-8-7-11-18(14-16)22(23(24,25)26)15-20(17-9-3-2-4-10-17)19-12-5-6-13-21(19)22/h2-15H,1H3. The van der Waals surface area contributed by atoms with Gasteiger partial charge in [-0.15, -0.1) is 0 Å². The summed E-state index contributed by atoms with van der Waals surface area (Å²) in [6, 6.07) is 22.8. The molecule has 3 aromatic carbocycles. The summed E-state index contributed by atoms with van der Waals surface area (Å²) >= 11 is 0. The molecule has 0 saturated carbocycles. The highest BCUT2D eigenvalue weighted by atomic mass is 19.4. The zero-order chi connectivity index (χ0) is 18.4. The van der Waals surface area contributed by atoms with Gasteiger partial charge in [0.15, 0.2) is 0 Å². The number of halogens is 3. The fourth-order valence-electron chi connectivity index (χ4n) is 3.82. The molecule has 3 aromatic rings. The summed E-state index contributed by atoms with van der Waals surface area (Å²) in [6.45, 7) is 1.82. The van der Waals surface area contributed by atoms with Crippen molar-refractivity contribution < 1.29 is 13.2 Å². The third-order valence-corrected chi connectivity index (χ3v) is 5.01. The van der Waals surface area contributed by atoms with Crippen molar-refractivity contribution in [2.24, 2.45) is 0 Å². The Kier molecular flexibility index (Phi) is 3.76. The van der Waals surface area contributed by atoms with Crippen LogP contribution in [-0.2, 0) is 5.41 Å². The van der Waals surface area contributed by atoms with E-state index in [0.717, 1.165) is 11.1 Å². The van der Waals surface area contributed by atoms with Gasteiger partial charge in [0, 0.05) is 0 Å². The molecule has 0 N–H and O–H groups in total. The lowest BCUT2D eigenvalue weighted by Crippen LogP contribution is -2.40. The Balaban J connectivity index is 2.08. The highest BCUT2D eigenvalue weighted by molar-refractivity contribution is 5.88. The van der Waals surface area contributed by atoms with Gasteiger partial charge in [-0.3, -0.25) is 0 Å². The van der Waals surface area contributed by atoms with E-state index >= 15 is 0 Å². The lowest BCUT2D eigenvalue weighted by atomic mass is 9.75. The smallest absolute Gasteiger partial charge is 0.169 e. The second-order valence-electron chi connectivity index (χ2n) is 6.64. The number of hydrogen-bond donors (Lipinski definition) is 0. The summed E-state index contributed by atoms with van der Waals surface area (Å²) in [5.74, 6) is 0. The molecule has 26 heavy (non-hydrogen) atoms. The van der Waals surface area contributed by atoms with E-state index < -0.39 is 11.6 Å². The van der Waals surface area contributed by atoms with Crippen molar-refractivity contribution in [2.75, 3.05) is 0 Å². The number of alkyl halides is 3. The average Bonchev–Trinajstić information content (AvgIpc) is 2.99. The van der Waals surface area contributed by atoms with Gasteiger partial charge in [-0.25, -0.2) is 0 Å². The van der Waals surface area contributed by atoms with Crippen molar-refractivity contribution in [3.8, 4) is 0 Å². The molecule has 3 heteroatoms. The van der Waals surface area contributed by atoms with E-state index in [2.05, 4.69) is 0 Å². The van der Waals surface area contributed by atoms with Crippen LogP contribution in [0, 0.1) is 6.92 Å². The Morgan fingerprint density at radius 3 is 2.15 bits per heavy atom. The van der Waals surface area contributed by atoms with Gasteiger partial charge in [0.1, 0.15) is 5.41 Å². The fourth-order valence-corrected chi connectivity index (χ4v) is 3.82. The molecular weight excluding hydrogens is 333 g/mol. The summed E-state index contributed by atoms with van der Waals surface area (Å²) in [5.41, 5.74) is 1.27. The van der Waals surface area contributed by atoms with Crippen LogP contribution in [0.3, 0.4) is 0 Å². The van der Waals surface area contributed by atoms with Crippen LogP contribution in [-0.4, -0.2) is 6.18 Å². The molecule has 0 aliphatic heterocycles. The number of fused-ring (bicyclic) bond motifs is 1. The largest absolute Gasteiger partial charge is 0.405 e. The van der Waals surface area contributed by atoms with Crippen LogP contribution in [0.2, 0.25) is 0 Å². The second-order valence-corrected chi connectivity index (χ2v) is 6.64. The van der Waals surface area contributed by atoms with Crippen LogP contribution in [0.4, 0.5) is 13.2 Å². The maximum atomic E-state index is 14.6. The third-order valence-electron chi connectivity index (χ3n) is 5.01. The summed E-state index contributed by atoms with van der Waals surface area (Å²) in [5, 5.41) is 0. The number of benzene rings is 3. The van der Waals surface area contributed by atoms with Gasteiger partial charge in [-0.1, -0.05) is 90.5 Å². The molecule has 0 heterocycles. The molecule has 0 aromatic heterocycles. The summed E-state index contributed by atoms with van der Waals surface area (Å²) in [7, 11) is 0. The summed E-state index contributed by atoms with van der Waals surface area (Å²) in [6.07, 6.45) is -3.06. The van der Waals surface area contributed by atoms with Crippen molar-refractivity contribution in [2.45, 2.75) is 18.5 Å². The van der Waals surface area contributed by atoms with Gasteiger partial charge in [-0.2, -0.15) is 13.2 Å². The first-order valence-corrected chi connectivity index (χ1v) is 8.45. The molecule has 1 aliphatic rings. The zero-order valence-corrected chi connectivity index (χ0v) is 14.2. The van der Waals surface area contributed by atoms with E-state index in [1.54, 1.807) is 42.5 Å². The average molecular weight is 350 g/mol. The first kappa shape index (κ1) is 16.6. The van der Waals surface area contributed by atoms with E-state index in [1.807, 2.05) is 43.3 Å². The highest BCUT2D eigenvalue weighted by Crippen LogP contribution is 2.55. The minimum absolute atomic E-state index is 0.253. The molecular formula is C23H17F3. The van der Waals surface area contributed by atoms with Gasteiger partial charge >= 0.3 is 6.18 Å². The third kappa shape index (κ3) is 2.38. The topological polar surface area (TPSA) is 0 Å².